The molecule has 1 aromatic heterocycles. The first-order chi connectivity index (χ1) is 7.70. The fourth-order valence-corrected chi connectivity index (χ4v) is 1.83. The molecule has 0 aliphatic heterocycles. The van der Waals surface area contributed by atoms with Crippen LogP contribution < -0.4 is 0 Å². The van der Waals surface area contributed by atoms with E-state index in [0.29, 0.717) is 11.0 Å². The van der Waals surface area contributed by atoms with E-state index in [1.54, 1.807) is 29.2 Å². The molecule has 16 heavy (non-hydrogen) atoms. The Morgan fingerprint density at radius 2 is 2.31 bits per heavy atom. The van der Waals surface area contributed by atoms with E-state index in [1.807, 2.05) is 0 Å². The van der Waals surface area contributed by atoms with Crippen LogP contribution in [0.5, 0.6) is 0 Å². The minimum Gasteiger partial charge on any atom is -0.268 e. The summed E-state index contributed by atoms with van der Waals surface area (Å²) < 4.78 is 15.8. The van der Waals surface area contributed by atoms with Crippen LogP contribution in [-0.4, -0.2) is 9.78 Å². The third-order valence-corrected chi connectivity index (χ3v) is 2.89. The van der Waals surface area contributed by atoms with Gasteiger partial charge < -0.3 is 0 Å². The first-order valence-corrected chi connectivity index (χ1v) is 5.35. The summed E-state index contributed by atoms with van der Waals surface area (Å²) >= 11 is 3.31. The molecule has 0 unspecified atom stereocenters. The second-order valence-electron chi connectivity index (χ2n) is 3.24. The molecular formula is C11H7BrFN3. The molecule has 5 heteroatoms. The number of hydrogen-bond donors (Lipinski definition) is 0. The van der Waals surface area contributed by atoms with E-state index in [1.165, 1.54) is 12.1 Å². The molecule has 1 aromatic carbocycles. The van der Waals surface area contributed by atoms with Gasteiger partial charge in [-0.1, -0.05) is 15.9 Å². The molecule has 0 saturated carbocycles. The summed E-state index contributed by atoms with van der Waals surface area (Å²) in [5.41, 5.74) is 0.788. The molecule has 0 bridgehead atoms. The number of nitriles is 1. The van der Waals surface area contributed by atoms with Crippen LogP contribution in [0.15, 0.2) is 35.1 Å². The van der Waals surface area contributed by atoms with Crippen molar-refractivity contribution in [2.75, 3.05) is 0 Å². The second-order valence-corrected chi connectivity index (χ2v) is 4.09. The Morgan fingerprint density at radius 3 is 2.94 bits per heavy atom. The van der Waals surface area contributed by atoms with Crippen molar-refractivity contribution in [2.24, 2.45) is 0 Å². The monoisotopic (exact) mass is 279 g/mol. The van der Waals surface area contributed by atoms with E-state index >= 15 is 0 Å². The lowest BCUT2D eigenvalue weighted by Crippen LogP contribution is -2.02. The highest BCUT2D eigenvalue weighted by atomic mass is 79.9. The molecule has 0 aliphatic carbocycles. The minimum absolute atomic E-state index is 0.0380. The topological polar surface area (TPSA) is 41.6 Å². The van der Waals surface area contributed by atoms with Gasteiger partial charge in [-0.2, -0.15) is 10.4 Å². The van der Waals surface area contributed by atoms with Gasteiger partial charge in [-0.25, -0.2) is 4.39 Å². The molecular weight excluding hydrogens is 273 g/mol. The van der Waals surface area contributed by atoms with Crippen molar-refractivity contribution in [3.8, 4) is 6.07 Å². The van der Waals surface area contributed by atoms with Gasteiger partial charge in [-0.3, -0.25) is 4.68 Å². The molecule has 1 heterocycles. The van der Waals surface area contributed by atoms with E-state index in [9.17, 15) is 4.39 Å². The molecule has 0 aliphatic rings. The van der Waals surface area contributed by atoms with Crippen molar-refractivity contribution >= 4 is 15.9 Å². The summed E-state index contributed by atoms with van der Waals surface area (Å²) in [6.45, 7) is 0.468. The van der Waals surface area contributed by atoms with E-state index in [4.69, 9.17) is 5.26 Å². The molecule has 0 spiro atoms. The number of aromatic nitrogens is 2. The zero-order valence-electron chi connectivity index (χ0n) is 8.19. The number of benzene rings is 1. The number of halogens is 2. The van der Waals surface area contributed by atoms with Crippen LogP contribution in [-0.2, 0) is 6.54 Å². The maximum atomic E-state index is 13.4. The molecule has 0 amide bonds. The average Bonchev–Trinajstić information content (AvgIpc) is 2.75. The van der Waals surface area contributed by atoms with Gasteiger partial charge in [0.2, 0.25) is 0 Å². The SMILES string of the molecule is N#Cc1cc(Br)c(Cn2cccn2)cc1F. The fourth-order valence-electron chi connectivity index (χ4n) is 1.36. The van der Waals surface area contributed by atoms with Crippen LogP contribution in [0.3, 0.4) is 0 Å². The van der Waals surface area contributed by atoms with Crippen LogP contribution in [0.1, 0.15) is 11.1 Å². The van der Waals surface area contributed by atoms with Crippen LogP contribution >= 0.6 is 15.9 Å². The van der Waals surface area contributed by atoms with Crippen molar-refractivity contribution in [3.63, 3.8) is 0 Å². The molecule has 2 rings (SSSR count). The fraction of sp³-hybridized carbons (Fsp3) is 0.0909. The molecule has 80 valence electrons. The zero-order valence-corrected chi connectivity index (χ0v) is 9.78. The molecule has 3 nitrogen and oxygen atoms in total. The van der Waals surface area contributed by atoms with Crippen molar-refractivity contribution in [3.05, 3.63) is 52.0 Å². The summed E-state index contributed by atoms with van der Waals surface area (Å²) in [5, 5.41) is 12.7. The highest BCUT2D eigenvalue weighted by Crippen LogP contribution is 2.21. The Balaban J connectivity index is 2.36. The molecule has 0 radical (unpaired) electrons. The third-order valence-electron chi connectivity index (χ3n) is 2.15. The summed E-state index contributed by atoms with van der Waals surface area (Å²) in [5.74, 6) is -0.507. The summed E-state index contributed by atoms with van der Waals surface area (Å²) in [4.78, 5) is 0. The van der Waals surface area contributed by atoms with Crippen LogP contribution in [0.4, 0.5) is 4.39 Å². The summed E-state index contributed by atoms with van der Waals surface area (Å²) in [6, 6.07) is 6.43. The van der Waals surface area contributed by atoms with Gasteiger partial charge in [0, 0.05) is 16.9 Å². The first-order valence-electron chi connectivity index (χ1n) is 4.56. The van der Waals surface area contributed by atoms with Crippen molar-refractivity contribution in [1.82, 2.24) is 9.78 Å². The average molecular weight is 280 g/mol. The molecule has 0 fully saturated rings. The maximum absolute atomic E-state index is 13.4. The van der Waals surface area contributed by atoms with Gasteiger partial charge in [0.1, 0.15) is 11.9 Å². The number of hydrogen-bond acceptors (Lipinski definition) is 2. The van der Waals surface area contributed by atoms with Gasteiger partial charge >= 0.3 is 0 Å². The molecule has 0 saturated heterocycles. The number of nitrogens with zero attached hydrogens (tertiary/aromatic N) is 3. The lowest BCUT2D eigenvalue weighted by atomic mass is 10.1. The normalized spacial score (nSPS) is 10.1. The van der Waals surface area contributed by atoms with Crippen LogP contribution in [0.25, 0.3) is 0 Å². The smallest absolute Gasteiger partial charge is 0.141 e. The number of rotatable bonds is 2. The van der Waals surface area contributed by atoms with Gasteiger partial charge in [-0.15, -0.1) is 0 Å². The van der Waals surface area contributed by atoms with E-state index in [0.717, 1.165) is 5.56 Å². The predicted octanol–water partition coefficient (Wildman–Crippen LogP) is 2.70. The van der Waals surface area contributed by atoms with Gasteiger partial charge in [0.05, 0.1) is 12.1 Å². The van der Waals surface area contributed by atoms with Gasteiger partial charge in [0.25, 0.3) is 0 Å². The van der Waals surface area contributed by atoms with E-state index in [-0.39, 0.29) is 5.56 Å². The first kappa shape index (κ1) is 10.8. The van der Waals surface area contributed by atoms with Crippen LogP contribution in [0.2, 0.25) is 0 Å². The molecule has 2 aromatic rings. The second kappa shape index (κ2) is 4.45. The highest BCUT2D eigenvalue weighted by molar-refractivity contribution is 9.10. The van der Waals surface area contributed by atoms with Crippen molar-refractivity contribution < 1.29 is 4.39 Å². The maximum Gasteiger partial charge on any atom is 0.141 e. The lowest BCUT2D eigenvalue weighted by molar-refractivity contribution is 0.614. The Kier molecular flexibility index (Phi) is 3.02. The largest absolute Gasteiger partial charge is 0.268 e. The van der Waals surface area contributed by atoms with Crippen molar-refractivity contribution in [1.29, 1.82) is 5.26 Å². The van der Waals surface area contributed by atoms with Gasteiger partial charge in [-0.05, 0) is 23.8 Å². The Morgan fingerprint density at radius 1 is 1.50 bits per heavy atom. The standard InChI is InChI=1S/C11H7BrFN3/c12-10-4-8(6-14)11(13)5-9(10)7-16-3-1-2-15-16/h1-5H,7H2. The van der Waals surface area contributed by atoms with E-state index < -0.39 is 5.82 Å². The Hall–Kier alpha value is -1.67. The quantitative estimate of drug-likeness (QED) is 0.848. The summed E-state index contributed by atoms with van der Waals surface area (Å²) in [6.07, 6.45) is 3.45. The summed E-state index contributed by atoms with van der Waals surface area (Å²) in [7, 11) is 0. The Bertz CT molecular complexity index is 543. The van der Waals surface area contributed by atoms with Gasteiger partial charge in [0.15, 0.2) is 0 Å². The predicted molar refractivity (Wildman–Crippen MR) is 60.1 cm³/mol. The highest BCUT2D eigenvalue weighted by Gasteiger charge is 2.08. The molecule has 0 N–H and O–H groups in total. The third kappa shape index (κ3) is 2.12. The van der Waals surface area contributed by atoms with Crippen LogP contribution in [0, 0.1) is 17.1 Å². The lowest BCUT2D eigenvalue weighted by Gasteiger charge is -2.06. The minimum atomic E-state index is -0.507. The molecule has 0 atom stereocenters. The zero-order chi connectivity index (χ0) is 11.5. The van der Waals surface area contributed by atoms with Crippen molar-refractivity contribution in [2.45, 2.75) is 6.54 Å². The Labute approximate surface area is 100 Å². The van der Waals surface area contributed by atoms with E-state index in [2.05, 4.69) is 21.0 Å².